The second-order valence-corrected chi connectivity index (χ2v) is 3.84. The first-order valence-corrected chi connectivity index (χ1v) is 5.07. The maximum atomic E-state index is 11.4. The third-order valence-electron chi connectivity index (χ3n) is 2.59. The summed E-state index contributed by atoms with van der Waals surface area (Å²) < 4.78 is 4.62. The van der Waals surface area contributed by atoms with Crippen LogP contribution in [-0.4, -0.2) is 48.4 Å². The summed E-state index contributed by atoms with van der Waals surface area (Å²) >= 11 is 0. The Labute approximate surface area is 93.9 Å². The van der Waals surface area contributed by atoms with Gasteiger partial charge < -0.3 is 15.0 Å². The Morgan fingerprint density at radius 1 is 1.31 bits per heavy atom. The van der Waals surface area contributed by atoms with Gasteiger partial charge in [0, 0.05) is 32.9 Å². The summed E-state index contributed by atoms with van der Waals surface area (Å²) in [7, 11) is 1.28. The van der Waals surface area contributed by atoms with Crippen molar-refractivity contribution in [3.8, 4) is 0 Å². The molecule has 0 aliphatic carbocycles. The second kappa shape index (κ2) is 4.96. The van der Waals surface area contributed by atoms with Crippen LogP contribution in [0.4, 0.5) is 0 Å². The first kappa shape index (κ1) is 12.5. The van der Waals surface area contributed by atoms with Crippen molar-refractivity contribution in [1.82, 2.24) is 10.2 Å². The van der Waals surface area contributed by atoms with Crippen LogP contribution in [0.25, 0.3) is 0 Å². The number of esters is 1. The summed E-state index contributed by atoms with van der Waals surface area (Å²) in [5.41, 5.74) is 0. The monoisotopic (exact) mass is 228 g/mol. The molecule has 0 radical (unpaired) electrons. The molecule has 1 N–H and O–H groups in total. The minimum atomic E-state index is -0.584. The number of carbonyl (C=O) groups excluding carboxylic acids is 3. The van der Waals surface area contributed by atoms with Gasteiger partial charge in [0.15, 0.2) is 0 Å². The van der Waals surface area contributed by atoms with Crippen LogP contribution < -0.4 is 5.32 Å². The van der Waals surface area contributed by atoms with Crippen molar-refractivity contribution >= 4 is 17.8 Å². The van der Waals surface area contributed by atoms with Crippen LogP contribution >= 0.6 is 0 Å². The van der Waals surface area contributed by atoms with Crippen molar-refractivity contribution < 1.29 is 19.1 Å². The van der Waals surface area contributed by atoms with Gasteiger partial charge in [0.1, 0.15) is 6.04 Å². The van der Waals surface area contributed by atoms with E-state index < -0.39 is 12.0 Å². The number of nitrogens with one attached hydrogen (secondary N) is 1. The molecule has 0 bridgehead atoms. The van der Waals surface area contributed by atoms with Gasteiger partial charge in [-0.2, -0.15) is 0 Å². The van der Waals surface area contributed by atoms with Gasteiger partial charge in [0.25, 0.3) is 0 Å². The number of methoxy groups -OCH3 is 1. The van der Waals surface area contributed by atoms with Crippen LogP contribution in [-0.2, 0) is 19.1 Å². The van der Waals surface area contributed by atoms with E-state index in [2.05, 4.69) is 10.1 Å². The van der Waals surface area contributed by atoms with Gasteiger partial charge in [-0.15, -0.1) is 0 Å². The summed E-state index contributed by atoms with van der Waals surface area (Å²) in [6.07, 6.45) is 0.409. The Morgan fingerprint density at radius 2 is 1.94 bits per heavy atom. The molecule has 0 unspecified atom stereocenters. The molecular formula is C10H16N2O4. The molecule has 1 fully saturated rings. The highest BCUT2D eigenvalue weighted by Gasteiger charge is 2.39. The fourth-order valence-electron chi connectivity index (χ4n) is 1.94. The van der Waals surface area contributed by atoms with E-state index in [9.17, 15) is 14.4 Å². The lowest BCUT2D eigenvalue weighted by molar-refractivity contribution is -0.150. The van der Waals surface area contributed by atoms with E-state index in [1.54, 1.807) is 0 Å². The summed E-state index contributed by atoms with van der Waals surface area (Å²) in [5, 5.41) is 2.69. The zero-order valence-electron chi connectivity index (χ0n) is 9.65. The average molecular weight is 228 g/mol. The van der Waals surface area contributed by atoms with E-state index in [-0.39, 0.29) is 17.9 Å². The largest absolute Gasteiger partial charge is 0.467 e. The number of hydrogen-bond donors (Lipinski definition) is 1. The average Bonchev–Trinajstić information content (AvgIpc) is 2.59. The third-order valence-corrected chi connectivity index (χ3v) is 2.59. The molecule has 0 aromatic heterocycles. The van der Waals surface area contributed by atoms with Gasteiger partial charge >= 0.3 is 5.97 Å². The van der Waals surface area contributed by atoms with Gasteiger partial charge in [-0.05, 0) is 0 Å². The Hall–Kier alpha value is -1.59. The first-order chi connectivity index (χ1) is 7.45. The molecule has 1 heterocycles. The van der Waals surface area contributed by atoms with Crippen molar-refractivity contribution in [2.24, 2.45) is 0 Å². The molecule has 0 aromatic carbocycles. The quantitative estimate of drug-likeness (QED) is 0.633. The van der Waals surface area contributed by atoms with Crippen LogP contribution in [0.3, 0.4) is 0 Å². The van der Waals surface area contributed by atoms with E-state index in [4.69, 9.17) is 0 Å². The molecule has 1 rings (SSSR count). The van der Waals surface area contributed by atoms with Gasteiger partial charge in [-0.1, -0.05) is 0 Å². The molecule has 1 saturated heterocycles. The van der Waals surface area contributed by atoms with Crippen LogP contribution in [0, 0.1) is 0 Å². The van der Waals surface area contributed by atoms with Crippen LogP contribution in [0.2, 0.25) is 0 Å². The highest BCUT2D eigenvalue weighted by molar-refractivity contribution is 5.84. The maximum Gasteiger partial charge on any atom is 0.328 e. The number of likely N-dealkylation sites (tertiary alicyclic amines) is 1. The predicted molar refractivity (Wildman–Crippen MR) is 55.4 cm³/mol. The van der Waals surface area contributed by atoms with E-state index in [0.717, 1.165) is 0 Å². The third kappa shape index (κ3) is 2.71. The molecule has 6 heteroatoms. The summed E-state index contributed by atoms with van der Waals surface area (Å²) in [5.74, 6) is -0.801. The standard InChI is InChI=1S/C10H16N2O4/c1-6(13)11-8-4-9(10(15)16-3)12(5-8)7(2)14/h8-9H,4-5H2,1-3H3,(H,11,13)/t8-,9+/m1/s1. The van der Waals surface area contributed by atoms with E-state index in [1.807, 2.05) is 0 Å². The normalized spacial score (nSPS) is 24.1. The fraction of sp³-hybridized carbons (Fsp3) is 0.700. The molecule has 0 saturated carbocycles. The maximum absolute atomic E-state index is 11.4. The Kier molecular flexibility index (Phi) is 3.87. The van der Waals surface area contributed by atoms with Crippen LogP contribution in [0.1, 0.15) is 20.3 Å². The minimum Gasteiger partial charge on any atom is -0.467 e. The van der Waals surface area contributed by atoms with Crippen LogP contribution in [0.5, 0.6) is 0 Å². The number of amides is 2. The van der Waals surface area contributed by atoms with Crippen molar-refractivity contribution in [2.75, 3.05) is 13.7 Å². The SMILES string of the molecule is COC(=O)[C@@H]1C[C@@H](NC(C)=O)CN1C(C)=O. The van der Waals surface area contributed by atoms with E-state index >= 15 is 0 Å². The molecule has 2 atom stereocenters. The first-order valence-electron chi connectivity index (χ1n) is 5.07. The Bertz CT molecular complexity index is 316. The fourth-order valence-corrected chi connectivity index (χ4v) is 1.94. The summed E-state index contributed by atoms with van der Waals surface area (Å²) in [6.45, 7) is 3.16. The molecular weight excluding hydrogens is 212 g/mol. The number of nitrogens with zero attached hydrogens (tertiary/aromatic N) is 1. The van der Waals surface area contributed by atoms with Gasteiger partial charge in [-0.3, -0.25) is 9.59 Å². The highest BCUT2D eigenvalue weighted by Crippen LogP contribution is 2.19. The van der Waals surface area contributed by atoms with E-state index in [1.165, 1.54) is 25.9 Å². The van der Waals surface area contributed by atoms with E-state index in [0.29, 0.717) is 13.0 Å². The van der Waals surface area contributed by atoms with Gasteiger partial charge in [0.05, 0.1) is 7.11 Å². The van der Waals surface area contributed by atoms with Crippen molar-refractivity contribution in [1.29, 1.82) is 0 Å². The highest BCUT2D eigenvalue weighted by atomic mass is 16.5. The lowest BCUT2D eigenvalue weighted by Crippen LogP contribution is -2.40. The summed E-state index contributed by atoms with van der Waals surface area (Å²) in [4.78, 5) is 35.1. The molecule has 6 nitrogen and oxygen atoms in total. The smallest absolute Gasteiger partial charge is 0.328 e. The zero-order chi connectivity index (χ0) is 12.3. The topological polar surface area (TPSA) is 75.7 Å². The molecule has 90 valence electrons. The van der Waals surface area contributed by atoms with Crippen molar-refractivity contribution in [3.05, 3.63) is 0 Å². The van der Waals surface area contributed by atoms with Crippen LogP contribution in [0.15, 0.2) is 0 Å². The number of rotatable bonds is 2. The van der Waals surface area contributed by atoms with Gasteiger partial charge in [-0.25, -0.2) is 4.79 Å². The predicted octanol–water partition coefficient (Wildman–Crippen LogP) is -0.715. The molecule has 0 aromatic rings. The second-order valence-electron chi connectivity index (χ2n) is 3.84. The summed E-state index contributed by atoms with van der Waals surface area (Å²) in [6, 6.07) is -0.759. The van der Waals surface area contributed by atoms with Crippen molar-refractivity contribution in [3.63, 3.8) is 0 Å². The van der Waals surface area contributed by atoms with Crippen molar-refractivity contribution in [2.45, 2.75) is 32.4 Å². The lowest BCUT2D eigenvalue weighted by atomic mass is 10.1. The minimum absolute atomic E-state index is 0.168. The Morgan fingerprint density at radius 3 is 2.38 bits per heavy atom. The molecule has 2 amide bonds. The molecule has 0 spiro atoms. The Balaban J connectivity index is 2.71. The van der Waals surface area contributed by atoms with Gasteiger partial charge in [0.2, 0.25) is 11.8 Å². The number of carbonyl (C=O) groups is 3. The number of ether oxygens (including phenoxy) is 1. The lowest BCUT2D eigenvalue weighted by Gasteiger charge is -2.20. The molecule has 16 heavy (non-hydrogen) atoms. The number of hydrogen-bond acceptors (Lipinski definition) is 4. The zero-order valence-corrected chi connectivity index (χ0v) is 9.65. The molecule has 1 aliphatic rings. The molecule has 1 aliphatic heterocycles.